The van der Waals surface area contributed by atoms with Gasteiger partial charge in [-0.1, -0.05) is 6.07 Å². The van der Waals surface area contributed by atoms with Crippen LogP contribution in [0.4, 0.5) is 0 Å². The SMILES string of the molecule is COc1cc(-c2cc(CCCCO)cc(C(=O)O)c2)cc(OC)c1OC. The standard InChI is InChI=1S/C20H24O6/c1-24-17-11-15(12-18(25-2)19(17)26-3)14-8-13(6-4-5-7-21)9-16(10-14)20(22)23/h8-12,21H,4-7H2,1-3H3,(H,22,23). The summed E-state index contributed by atoms with van der Waals surface area (Å²) in [5.74, 6) is 0.507. The molecular weight excluding hydrogens is 336 g/mol. The second-order valence-electron chi connectivity index (χ2n) is 5.82. The van der Waals surface area contributed by atoms with Crippen LogP contribution in [0.1, 0.15) is 28.8 Å². The number of aromatic carboxylic acids is 1. The minimum Gasteiger partial charge on any atom is -0.493 e. The third-order valence-electron chi connectivity index (χ3n) is 4.11. The number of aliphatic hydroxyl groups excluding tert-OH is 1. The van der Waals surface area contributed by atoms with Crippen LogP contribution in [0.5, 0.6) is 17.2 Å². The first-order chi connectivity index (χ1) is 12.5. The molecule has 2 aromatic carbocycles. The molecule has 0 spiro atoms. The number of methoxy groups -OCH3 is 3. The second-order valence-corrected chi connectivity index (χ2v) is 5.82. The Hall–Kier alpha value is -2.73. The second kappa shape index (κ2) is 9.10. The van der Waals surface area contributed by atoms with E-state index in [0.717, 1.165) is 23.1 Å². The van der Waals surface area contributed by atoms with Crippen molar-refractivity contribution < 1.29 is 29.2 Å². The Labute approximate surface area is 152 Å². The van der Waals surface area contributed by atoms with Crippen LogP contribution in [-0.4, -0.2) is 44.1 Å². The summed E-state index contributed by atoms with van der Waals surface area (Å²) in [6.45, 7) is 0.123. The summed E-state index contributed by atoms with van der Waals surface area (Å²) >= 11 is 0. The number of rotatable bonds is 9. The summed E-state index contributed by atoms with van der Waals surface area (Å²) in [5, 5.41) is 18.4. The first-order valence-corrected chi connectivity index (χ1v) is 8.32. The van der Waals surface area contributed by atoms with Gasteiger partial charge in [0.1, 0.15) is 0 Å². The zero-order chi connectivity index (χ0) is 19.1. The van der Waals surface area contributed by atoms with Gasteiger partial charge in [-0.2, -0.15) is 0 Å². The van der Waals surface area contributed by atoms with E-state index in [-0.39, 0.29) is 12.2 Å². The lowest BCUT2D eigenvalue weighted by atomic mass is 9.96. The summed E-state index contributed by atoms with van der Waals surface area (Å²) in [7, 11) is 4.61. The molecule has 0 aliphatic heterocycles. The van der Waals surface area contributed by atoms with E-state index in [1.165, 1.54) is 21.3 Å². The molecule has 0 saturated heterocycles. The molecule has 2 N–H and O–H groups in total. The van der Waals surface area contributed by atoms with Crippen molar-refractivity contribution in [3.63, 3.8) is 0 Å². The van der Waals surface area contributed by atoms with Crippen LogP contribution in [-0.2, 0) is 6.42 Å². The molecule has 0 heterocycles. The summed E-state index contributed by atoms with van der Waals surface area (Å²) < 4.78 is 16.1. The number of carbonyl (C=O) groups is 1. The highest BCUT2D eigenvalue weighted by Crippen LogP contribution is 2.41. The van der Waals surface area contributed by atoms with Gasteiger partial charge in [0.25, 0.3) is 0 Å². The summed E-state index contributed by atoms with van der Waals surface area (Å²) in [4.78, 5) is 11.5. The number of hydrogen-bond acceptors (Lipinski definition) is 5. The smallest absolute Gasteiger partial charge is 0.335 e. The molecule has 2 aromatic rings. The van der Waals surface area contributed by atoms with Gasteiger partial charge in [-0.05, 0) is 60.2 Å². The maximum absolute atomic E-state index is 11.5. The molecule has 2 rings (SSSR count). The number of carboxylic acids is 1. The lowest BCUT2D eigenvalue weighted by Crippen LogP contribution is -2.00. The van der Waals surface area contributed by atoms with Crippen LogP contribution in [0.2, 0.25) is 0 Å². The summed E-state index contributed by atoms with van der Waals surface area (Å²) in [5.41, 5.74) is 2.64. The van der Waals surface area contributed by atoms with Gasteiger partial charge in [0, 0.05) is 6.61 Å². The number of carboxylic acid groups (broad SMARTS) is 1. The summed E-state index contributed by atoms with van der Waals surface area (Å²) in [6, 6.07) is 8.82. The monoisotopic (exact) mass is 360 g/mol. The van der Waals surface area contributed by atoms with E-state index < -0.39 is 5.97 Å². The Morgan fingerprint density at radius 2 is 1.50 bits per heavy atom. The highest BCUT2D eigenvalue weighted by atomic mass is 16.5. The molecule has 0 fully saturated rings. The molecule has 6 nitrogen and oxygen atoms in total. The van der Waals surface area contributed by atoms with Gasteiger partial charge in [0.2, 0.25) is 5.75 Å². The first kappa shape index (κ1) is 19.6. The molecular formula is C20H24O6. The van der Waals surface area contributed by atoms with Gasteiger partial charge in [0.05, 0.1) is 26.9 Å². The van der Waals surface area contributed by atoms with Gasteiger partial charge in [-0.25, -0.2) is 4.79 Å². The minimum absolute atomic E-state index is 0.123. The normalized spacial score (nSPS) is 10.5. The number of unbranched alkanes of at least 4 members (excludes halogenated alkanes) is 1. The fourth-order valence-electron chi connectivity index (χ4n) is 2.82. The van der Waals surface area contributed by atoms with E-state index in [0.29, 0.717) is 30.1 Å². The summed E-state index contributed by atoms with van der Waals surface area (Å²) in [6.07, 6.45) is 2.16. The van der Waals surface area contributed by atoms with E-state index >= 15 is 0 Å². The van der Waals surface area contributed by atoms with Gasteiger partial charge >= 0.3 is 5.97 Å². The zero-order valence-corrected chi connectivity index (χ0v) is 15.2. The molecule has 0 aliphatic carbocycles. The molecule has 0 atom stereocenters. The molecule has 6 heteroatoms. The molecule has 0 aromatic heterocycles. The number of ether oxygens (including phenoxy) is 3. The molecule has 0 bridgehead atoms. The molecule has 140 valence electrons. The average Bonchev–Trinajstić information content (AvgIpc) is 2.66. The predicted octanol–water partition coefficient (Wildman–Crippen LogP) is 3.39. The Balaban J connectivity index is 2.53. The molecule has 0 radical (unpaired) electrons. The topological polar surface area (TPSA) is 85.2 Å². The van der Waals surface area contributed by atoms with Crippen LogP contribution < -0.4 is 14.2 Å². The largest absolute Gasteiger partial charge is 0.493 e. The maximum atomic E-state index is 11.5. The van der Waals surface area contributed by atoms with Crippen molar-refractivity contribution in [1.82, 2.24) is 0 Å². The van der Waals surface area contributed by atoms with Gasteiger partial charge in [-0.3, -0.25) is 0 Å². The van der Waals surface area contributed by atoms with Crippen molar-refractivity contribution in [1.29, 1.82) is 0 Å². The van der Waals surface area contributed by atoms with Crippen LogP contribution >= 0.6 is 0 Å². The lowest BCUT2D eigenvalue weighted by Gasteiger charge is -2.15. The Morgan fingerprint density at radius 3 is 2.00 bits per heavy atom. The quantitative estimate of drug-likeness (QED) is 0.667. The Kier molecular flexibility index (Phi) is 6.86. The van der Waals surface area contributed by atoms with E-state index in [4.69, 9.17) is 19.3 Å². The van der Waals surface area contributed by atoms with Crippen LogP contribution in [0, 0.1) is 0 Å². The number of hydrogen-bond donors (Lipinski definition) is 2. The minimum atomic E-state index is -0.984. The fraction of sp³-hybridized carbons (Fsp3) is 0.350. The van der Waals surface area contributed by atoms with Crippen LogP contribution in [0.3, 0.4) is 0 Å². The number of benzene rings is 2. The van der Waals surface area contributed by atoms with E-state index in [9.17, 15) is 9.90 Å². The van der Waals surface area contributed by atoms with Crippen molar-refractivity contribution in [2.45, 2.75) is 19.3 Å². The van der Waals surface area contributed by atoms with Crippen molar-refractivity contribution in [3.05, 3.63) is 41.5 Å². The number of aliphatic hydroxyl groups is 1. The third-order valence-corrected chi connectivity index (χ3v) is 4.11. The highest BCUT2D eigenvalue weighted by molar-refractivity contribution is 5.90. The van der Waals surface area contributed by atoms with Crippen molar-refractivity contribution in [3.8, 4) is 28.4 Å². The first-order valence-electron chi connectivity index (χ1n) is 8.32. The van der Waals surface area contributed by atoms with Gasteiger partial charge < -0.3 is 24.4 Å². The van der Waals surface area contributed by atoms with Gasteiger partial charge in [-0.15, -0.1) is 0 Å². The molecule has 0 aliphatic rings. The van der Waals surface area contributed by atoms with Crippen LogP contribution in [0.15, 0.2) is 30.3 Å². The fourth-order valence-corrected chi connectivity index (χ4v) is 2.82. The molecule has 0 amide bonds. The van der Waals surface area contributed by atoms with Gasteiger partial charge in [0.15, 0.2) is 11.5 Å². The van der Waals surface area contributed by atoms with E-state index in [2.05, 4.69) is 0 Å². The number of aryl methyl sites for hydroxylation is 1. The predicted molar refractivity (Wildman–Crippen MR) is 98.5 cm³/mol. The third kappa shape index (κ3) is 4.46. The highest BCUT2D eigenvalue weighted by Gasteiger charge is 2.16. The van der Waals surface area contributed by atoms with E-state index in [1.54, 1.807) is 24.3 Å². The Morgan fingerprint density at radius 1 is 0.885 bits per heavy atom. The van der Waals surface area contributed by atoms with E-state index in [1.807, 2.05) is 6.07 Å². The van der Waals surface area contributed by atoms with Crippen molar-refractivity contribution >= 4 is 5.97 Å². The molecule has 26 heavy (non-hydrogen) atoms. The van der Waals surface area contributed by atoms with Crippen molar-refractivity contribution in [2.24, 2.45) is 0 Å². The molecule has 0 saturated carbocycles. The molecule has 0 unspecified atom stereocenters. The Bertz CT molecular complexity index is 744. The van der Waals surface area contributed by atoms with Crippen LogP contribution in [0.25, 0.3) is 11.1 Å². The lowest BCUT2D eigenvalue weighted by molar-refractivity contribution is 0.0696. The zero-order valence-electron chi connectivity index (χ0n) is 15.2. The maximum Gasteiger partial charge on any atom is 0.335 e. The average molecular weight is 360 g/mol. The van der Waals surface area contributed by atoms with Crippen molar-refractivity contribution in [2.75, 3.05) is 27.9 Å².